The molecule has 1 aromatic heterocycles. The maximum atomic E-state index is 5.72. The molecule has 0 radical (unpaired) electrons. The fourth-order valence-electron chi connectivity index (χ4n) is 2.59. The average molecular weight is 342 g/mol. The summed E-state index contributed by atoms with van der Waals surface area (Å²) in [7, 11) is 0. The second kappa shape index (κ2) is 11.5. The quantitative estimate of drug-likeness (QED) is 0.507. The zero-order chi connectivity index (χ0) is 17.7. The van der Waals surface area contributed by atoms with Crippen molar-refractivity contribution in [2.45, 2.75) is 71.6 Å². The van der Waals surface area contributed by atoms with Crippen molar-refractivity contribution in [1.29, 1.82) is 0 Å². The van der Waals surface area contributed by atoms with Gasteiger partial charge in [-0.25, -0.2) is 0 Å². The van der Waals surface area contributed by atoms with E-state index in [2.05, 4.69) is 34.2 Å². The fourth-order valence-corrected chi connectivity index (χ4v) is 2.59. The van der Waals surface area contributed by atoms with E-state index in [4.69, 9.17) is 4.74 Å². The van der Waals surface area contributed by atoms with Crippen LogP contribution in [0, 0.1) is 0 Å². The van der Waals surface area contributed by atoms with Crippen molar-refractivity contribution < 1.29 is 4.74 Å². The summed E-state index contributed by atoms with van der Waals surface area (Å²) < 4.78 is 5.72. The molecule has 0 spiro atoms. The molecule has 0 saturated carbocycles. The lowest BCUT2D eigenvalue weighted by atomic mass is 10.1. The molecule has 0 bridgehead atoms. The third-order valence-corrected chi connectivity index (χ3v) is 4.15. The predicted molar refractivity (Wildman–Crippen MR) is 101 cm³/mol. The van der Waals surface area contributed by atoms with Crippen LogP contribution in [0.5, 0.6) is 5.75 Å². The first kappa shape index (κ1) is 19.3. The first-order chi connectivity index (χ1) is 12.3. The zero-order valence-electron chi connectivity index (χ0n) is 15.6. The van der Waals surface area contributed by atoms with E-state index < -0.39 is 0 Å². The SMILES string of the molecule is CCCCCCCc1nnc(-c2ccc(OCCCCC)cc2)nn1. The van der Waals surface area contributed by atoms with Gasteiger partial charge in [-0.15, -0.1) is 20.4 Å². The molecule has 0 N–H and O–H groups in total. The molecule has 1 aromatic carbocycles. The summed E-state index contributed by atoms with van der Waals surface area (Å²) in [5.41, 5.74) is 0.912. The topological polar surface area (TPSA) is 60.8 Å². The van der Waals surface area contributed by atoms with Gasteiger partial charge in [0.25, 0.3) is 0 Å². The van der Waals surface area contributed by atoms with Crippen LogP contribution in [0.3, 0.4) is 0 Å². The first-order valence-electron chi connectivity index (χ1n) is 9.63. The van der Waals surface area contributed by atoms with Crippen molar-refractivity contribution >= 4 is 0 Å². The molecule has 25 heavy (non-hydrogen) atoms. The number of aromatic nitrogens is 4. The Morgan fingerprint density at radius 2 is 1.36 bits per heavy atom. The van der Waals surface area contributed by atoms with Crippen LogP contribution in [0.2, 0.25) is 0 Å². The van der Waals surface area contributed by atoms with Gasteiger partial charge in [0.05, 0.1) is 6.61 Å². The molecule has 0 aliphatic carbocycles. The Hall–Kier alpha value is -2.04. The molecule has 2 rings (SSSR count). The molecule has 0 aliphatic rings. The van der Waals surface area contributed by atoms with Gasteiger partial charge in [-0.05, 0) is 37.1 Å². The van der Waals surface area contributed by atoms with E-state index in [9.17, 15) is 0 Å². The molecule has 0 fully saturated rings. The predicted octanol–water partition coefficient (Wildman–Crippen LogP) is 5.02. The van der Waals surface area contributed by atoms with Crippen LogP contribution in [0.4, 0.5) is 0 Å². The van der Waals surface area contributed by atoms with Gasteiger partial charge < -0.3 is 4.74 Å². The second-order valence-electron chi connectivity index (χ2n) is 6.38. The average Bonchev–Trinajstić information content (AvgIpc) is 2.66. The van der Waals surface area contributed by atoms with Gasteiger partial charge in [-0.3, -0.25) is 0 Å². The van der Waals surface area contributed by atoms with Gasteiger partial charge in [-0.1, -0.05) is 52.4 Å². The minimum absolute atomic E-state index is 0.562. The van der Waals surface area contributed by atoms with E-state index in [1.807, 2.05) is 24.3 Å². The summed E-state index contributed by atoms with van der Waals surface area (Å²) in [4.78, 5) is 0. The molecule has 5 heteroatoms. The maximum Gasteiger partial charge on any atom is 0.203 e. The number of unbranched alkanes of at least 4 members (excludes halogenated alkanes) is 6. The standard InChI is InChI=1S/C20H30N4O/c1-3-5-7-8-9-11-19-21-23-20(24-22-19)17-12-14-18(15-13-17)25-16-10-6-4-2/h12-15H,3-11,16H2,1-2H3. The monoisotopic (exact) mass is 342 g/mol. The third-order valence-electron chi connectivity index (χ3n) is 4.15. The molecule has 2 aromatic rings. The van der Waals surface area contributed by atoms with Crippen LogP contribution in [0.1, 0.15) is 71.0 Å². The normalized spacial score (nSPS) is 10.8. The molecule has 0 amide bonds. The van der Waals surface area contributed by atoms with Crippen LogP contribution >= 0.6 is 0 Å². The number of rotatable bonds is 12. The van der Waals surface area contributed by atoms with Gasteiger partial charge in [0.2, 0.25) is 5.82 Å². The molecule has 0 unspecified atom stereocenters. The summed E-state index contributed by atoms with van der Waals surface area (Å²) in [5.74, 6) is 2.17. The number of hydrogen-bond donors (Lipinski definition) is 0. The first-order valence-corrected chi connectivity index (χ1v) is 9.63. The highest BCUT2D eigenvalue weighted by Gasteiger charge is 2.05. The van der Waals surface area contributed by atoms with E-state index >= 15 is 0 Å². The van der Waals surface area contributed by atoms with Gasteiger partial charge in [0.15, 0.2) is 5.82 Å². The van der Waals surface area contributed by atoms with Gasteiger partial charge in [-0.2, -0.15) is 0 Å². The van der Waals surface area contributed by atoms with Crippen LogP contribution in [-0.2, 0) is 6.42 Å². The molecule has 5 nitrogen and oxygen atoms in total. The largest absolute Gasteiger partial charge is 0.494 e. The van der Waals surface area contributed by atoms with Crippen molar-refractivity contribution in [3.05, 3.63) is 30.1 Å². The molecule has 0 saturated heterocycles. The number of aryl methyl sites for hydroxylation is 1. The van der Waals surface area contributed by atoms with E-state index in [1.165, 1.54) is 38.5 Å². The lowest BCUT2D eigenvalue weighted by molar-refractivity contribution is 0.306. The van der Waals surface area contributed by atoms with Crippen molar-refractivity contribution in [3.8, 4) is 17.1 Å². The Morgan fingerprint density at radius 3 is 2.04 bits per heavy atom. The Balaban J connectivity index is 1.80. The summed E-state index contributed by atoms with van der Waals surface area (Å²) >= 11 is 0. The summed E-state index contributed by atoms with van der Waals surface area (Å²) in [6, 6.07) is 7.81. The Kier molecular flexibility index (Phi) is 8.87. The van der Waals surface area contributed by atoms with Crippen LogP contribution in [0.15, 0.2) is 24.3 Å². The summed E-state index contributed by atoms with van der Waals surface area (Å²) in [6.07, 6.45) is 10.5. The smallest absolute Gasteiger partial charge is 0.203 e. The molecule has 0 aliphatic heterocycles. The molecule has 0 atom stereocenters. The van der Waals surface area contributed by atoms with Crippen molar-refractivity contribution in [2.75, 3.05) is 6.61 Å². The second-order valence-corrected chi connectivity index (χ2v) is 6.38. The van der Waals surface area contributed by atoms with E-state index in [-0.39, 0.29) is 0 Å². The third kappa shape index (κ3) is 7.16. The highest BCUT2D eigenvalue weighted by Crippen LogP contribution is 2.18. The maximum absolute atomic E-state index is 5.72. The van der Waals surface area contributed by atoms with Crippen LogP contribution in [-0.4, -0.2) is 27.0 Å². The lowest BCUT2D eigenvalue weighted by Crippen LogP contribution is -2.03. The summed E-state index contributed by atoms with van der Waals surface area (Å²) in [6.45, 7) is 5.18. The Morgan fingerprint density at radius 1 is 0.720 bits per heavy atom. The Labute approximate surface area is 151 Å². The van der Waals surface area contributed by atoms with Crippen LogP contribution < -0.4 is 4.74 Å². The van der Waals surface area contributed by atoms with E-state index in [0.29, 0.717) is 5.82 Å². The van der Waals surface area contributed by atoms with Crippen molar-refractivity contribution in [2.24, 2.45) is 0 Å². The van der Waals surface area contributed by atoms with Gasteiger partial charge in [0, 0.05) is 12.0 Å². The molecule has 136 valence electrons. The molecular formula is C20H30N4O. The number of hydrogen-bond acceptors (Lipinski definition) is 5. The zero-order valence-corrected chi connectivity index (χ0v) is 15.6. The van der Waals surface area contributed by atoms with E-state index in [0.717, 1.165) is 43.0 Å². The lowest BCUT2D eigenvalue weighted by Gasteiger charge is -2.06. The van der Waals surface area contributed by atoms with Gasteiger partial charge >= 0.3 is 0 Å². The molecular weight excluding hydrogens is 312 g/mol. The fraction of sp³-hybridized carbons (Fsp3) is 0.600. The minimum Gasteiger partial charge on any atom is -0.494 e. The van der Waals surface area contributed by atoms with Crippen LogP contribution in [0.25, 0.3) is 11.4 Å². The minimum atomic E-state index is 0.562. The number of nitrogens with zero attached hydrogens (tertiary/aromatic N) is 4. The highest BCUT2D eigenvalue weighted by atomic mass is 16.5. The number of benzene rings is 1. The summed E-state index contributed by atoms with van der Waals surface area (Å²) in [5, 5.41) is 16.9. The van der Waals surface area contributed by atoms with Crippen molar-refractivity contribution in [1.82, 2.24) is 20.4 Å². The van der Waals surface area contributed by atoms with Crippen molar-refractivity contribution in [3.63, 3.8) is 0 Å². The van der Waals surface area contributed by atoms with Gasteiger partial charge in [0.1, 0.15) is 5.75 Å². The highest BCUT2D eigenvalue weighted by molar-refractivity contribution is 5.54. The van der Waals surface area contributed by atoms with E-state index in [1.54, 1.807) is 0 Å². The number of ether oxygens (including phenoxy) is 1. The Bertz CT molecular complexity index is 584. The molecule has 1 heterocycles.